The van der Waals surface area contributed by atoms with Gasteiger partial charge in [0.2, 0.25) is 0 Å². The fourth-order valence-corrected chi connectivity index (χ4v) is 6.87. The lowest BCUT2D eigenvalue weighted by Gasteiger charge is -2.33. The number of piperidine rings is 1. The van der Waals surface area contributed by atoms with E-state index in [1.165, 1.54) is 45.6 Å². The summed E-state index contributed by atoms with van der Waals surface area (Å²) in [7, 11) is 3.51. The van der Waals surface area contributed by atoms with Gasteiger partial charge in [-0.25, -0.2) is 0 Å². The number of thiophene rings is 1. The molecular weight excluding hydrogens is 456 g/mol. The number of nitrogens with zero attached hydrogens (tertiary/aromatic N) is 2. The van der Waals surface area contributed by atoms with E-state index in [-0.39, 0.29) is 0 Å². The highest BCUT2D eigenvalue weighted by Crippen LogP contribution is 2.45. The van der Waals surface area contributed by atoms with Crippen LogP contribution in [0.3, 0.4) is 0 Å². The summed E-state index contributed by atoms with van der Waals surface area (Å²) in [4.78, 5) is 15.3. The zero-order valence-electron chi connectivity index (χ0n) is 20.7. The number of aldehydes is 1. The highest BCUT2D eigenvalue weighted by molar-refractivity contribution is 7.22. The van der Waals surface area contributed by atoms with Crippen LogP contribution in [0.4, 0.5) is 5.69 Å². The molecule has 2 aromatic heterocycles. The van der Waals surface area contributed by atoms with Crippen molar-refractivity contribution >= 4 is 44.3 Å². The summed E-state index contributed by atoms with van der Waals surface area (Å²) >= 11 is 1.76. The normalized spacial score (nSPS) is 16.9. The SMILES string of the molecule is COc1cc(C=O)cc2sc(-c3cc4ccc(N5CCC(OC)CC5)cc4n3CC3CC3)c(C)c12. The van der Waals surface area contributed by atoms with E-state index in [2.05, 4.69) is 40.7 Å². The van der Waals surface area contributed by atoms with Crippen LogP contribution in [0.15, 0.2) is 36.4 Å². The highest BCUT2D eigenvalue weighted by Gasteiger charge is 2.26. The second-order valence-corrected chi connectivity index (χ2v) is 11.1. The van der Waals surface area contributed by atoms with E-state index in [4.69, 9.17) is 9.47 Å². The Bertz CT molecular complexity index is 1410. The van der Waals surface area contributed by atoms with Crippen molar-refractivity contribution in [1.82, 2.24) is 4.57 Å². The first-order chi connectivity index (χ1) is 17.1. The first kappa shape index (κ1) is 22.6. The van der Waals surface area contributed by atoms with E-state index in [0.29, 0.717) is 11.7 Å². The predicted octanol–water partition coefficient (Wildman–Crippen LogP) is 6.68. The van der Waals surface area contributed by atoms with Gasteiger partial charge in [0.25, 0.3) is 0 Å². The molecule has 0 bridgehead atoms. The molecule has 0 radical (unpaired) electrons. The maximum Gasteiger partial charge on any atom is 0.150 e. The Kier molecular flexibility index (Phi) is 5.81. The van der Waals surface area contributed by atoms with Gasteiger partial charge in [0.1, 0.15) is 12.0 Å². The van der Waals surface area contributed by atoms with E-state index >= 15 is 0 Å². The monoisotopic (exact) mass is 488 g/mol. The zero-order chi connectivity index (χ0) is 24.1. The molecule has 4 aromatic rings. The minimum Gasteiger partial charge on any atom is -0.496 e. The molecule has 1 saturated heterocycles. The number of carbonyl (C=O) groups is 1. The van der Waals surface area contributed by atoms with Crippen LogP contribution in [0.1, 0.15) is 41.6 Å². The molecule has 0 unspecified atom stereocenters. The quantitative estimate of drug-likeness (QED) is 0.272. The van der Waals surface area contributed by atoms with Crippen LogP contribution in [0.2, 0.25) is 0 Å². The summed E-state index contributed by atoms with van der Waals surface area (Å²) in [6.45, 7) is 5.31. The summed E-state index contributed by atoms with van der Waals surface area (Å²) in [6, 6.07) is 13.1. The van der Waals surface area contributed by atoms with Crippen molar-refractivity contribution in [2.24, 2.45) is 5.92 Å². The third-order valence-electron chi connectivity index (χ3n) is 7.77. The van der Waals surface area contributed by atoms with Crippen molar-refractivity contribution in [3.8, 4) is 16.3 Å². The molecule has 1 aliphatic carbocycles. The summed E-state index contributed by atoms with van der Waals surface area (Å²) in [5.41, 5.74) is 5.77. The zero-order valence-corrected chi connectivity index (χ0v) is 21.5. The van der Waals surface area contributed by atoms with Gasteiger partial charge in [-0.3, -0.25) is 4.79 Å². The van der Waals surface area contributed by atoms with Crippen LogP contribution < -0.4 is 9.64 Å². The number of ether oxygens (including phenoxy) is 2. The number of hydrogen-bond acceptors (Lipinski definition) is 5. The molecular formula is C29H32N2O3S. The van der Waals surface area contributed by atoms with E-state index in [1.54, 1.807) is 18.4 Å². The largest absolute Gasteiger partial charge is 0.496 e. The number of carbonyl (C=O) groups excluding carboxylic acids is 1. The smallest absolute Gasteiger partial charge is 0.150 e. The molecule has 6 heteroatoms. The predicted molar refractivity (Wildman–Crippen MR) is 144 cm³/mol. The van der Waals surface area contributed by atoms with Gasteiger partial charge in [0, 0.05) is 53.5 Å². The molecule has 182 valence electrons. The van der Waals surface area contributed by atoms with Crippen molar-refractivity contribution < 1.29 is 14.3 Å². The van der Waals surface area contributed by atoms with Crippen LogP contribution in [0.5, 0.6) is 5.75 Å². The van der Waals surface area contributed by atoms with E-state index < -0.39 is 0 Å². The molecule has 1 aliphatic heterocycles. The maximum absolute atomic E-state index is 11.5. The first-order valence-corrected chi connectivity index (χ1v) is 13.4. The standard InChI is InChI=1S/C29H32N2O3S/c1-18-28-26(34-3)12-20(17-32)13-27(28)35-29(18)25-14-21-6-7-22(30-10-8-23(33-2)9-11-30)15-24(21)31(25)16-19-4-5-19/h6-7,12-15,17,19,23H,4-5,8-11,16H2,1-3H3. The second kappa shape index (κ2) is 8.99. The first-order valence-electron chi connectivity index (χ1n) is 12.6. The number of fused-ring (bicyclic) bond motifs is 2. The fourth-order valence-electron chi connectivity index (χ4n) is 5.57. The van der Waals surface area contributed by atoms with Gasteiger partial charge >= 0.3 is 0 Å². The number of anilines is 1. The molecule has 0 spiro atoms. The fraction of sp³-hybridized carbons (Fsp3) is 0.414. The summed E-state index contributed by atoms with van der Waals surface area (Å²) in [6.07, 6.45) is 6.06. The Morgan fingerprint density at radius 2 is 1.86 bits per heavy atom. The minimum atomic E-state index is 0.382. The lowest BCUT2D eigenvalue weighted by molar-refractivity contribution is 0.0819. The van der Waals surface area contributed by atoms with Gasteiger partial charge < -0.3 is 18.9 Å². The van der Waals surface area contributed by atoms with Gasteiger partial charge in [0.15, 0.2) is 0 Å². The van der Waals surface area contributed by atoms with Crippen molar-refractivity contribution in [3.05, 3.63) is 47.5 Å². The van der Waals surface area contributed by atoms with Crippen LogP contribution in [-0.4, -0.2) is 44.3 Å². The third kappa shape index (κ3) is 4.03. The average molecular weight is 489 g/mol. The molecule has 35 heavy (non-hydrogen) atoms. The molecule has 2 aliphatic rings. The van der Waals surface area contributed by atoms with Crippen molar-refractivity contribution in [3.63, 3.8) is 0 Å². The van der Waals surface area contributed by atoms with Gasteiger partial charge in [0.05, 0.1) is 29.3 Å². The molecule has 0 atom stereocenters. The van der Waals surface area contributed by atoms with Crippen molar-refractivity contribution in [2.75, 3.05) is 32.2 Å². The summed E-state index contributed by atoms with van der Waals surface area (Å²) < 4.78 is 14.9. The molecule has 5 nitrogen and oxygen atoms in total. The van der Waals surface area contributed by atoms with E-state index in [1.807, 2.05) is 19.2 Å². The summed E-state index contributed by atoms with van der Waals surface area (Å²) in [5, 5.41) is 2.40. The Hall–Kier alpha value is -2.83. The van der Waals surface area contributed by atoms with Crippen LogP contribution in [0, 0.1) is 12.8 Å². The van der Waals surface area contributed by atoms with E-state index in [0.717, 1.165) is 60.5 Å². The Morgan fingerprint density at radius 3 is 2.54 bits per heavy atom. The number of rotatable bonds is 7. The molecule has 3 heterocycles. The lowest BCUT2D eigenvalue weighted by atomic mass is 10.1. The van der Waals surface area contributed by atoms with Gasteiger partial charge in [-0.15, -0.1) is 11.3 Å². The number of methoxy groups -OCH3 is 2. The van der Waals surface area contributed by atoms with E-state index in [9.17, 15) is 4.79 Å². The van der Waals surface area contributed by atoms with Crippen LogP contribution in [0.25, 0.3) is 31.6 Å². The van der Waals surface area contributed by atoms with Crippen molar-refractivity contribution in [1.29, 1.82) is 0 Å². The van der Waals surface area contributed by atoms with Crippen LogP contribution >= 0.6 is 11.3 Å². The summed E-state index contributed by atoms with van der Waals surface area (Å²) in [5.74, 6) is 1.53. The Balaban J connectivity index is 1.47. The lowest BCUT2D eigenvalue weighted by Crippen LogP contribution is -2.36. The Morgan fingerprint density at radius 1 is 1.06 bits per heavy atom. The number of aromatic nitrogens is 1. The molecule has 0 amide bonds. The molecule has 1 saturated carbocycles. The molecule has 6 rings (SSSR count). The second-order valence-electron chi connectivity index (χ2n) is 10.0. The van der Waals surface area contributed by atoms with Gasteiger partial charge in [-0.05, 0) is 74.4 Å². The minimum absolute atomic E-state index is 0.382. The highest BCUT2D eigenvalue weighted by atomic mass is 32.1. The maximum atomic E-state index is 11.5. The molecule has 2 aromatic carbocycles. The Labute approximate surface area is 210 Å². The topological polar surface area (TPSA) is 43.7 Å². The third-order valence-corrected chi connectivity index (χ3v) is 9.03. The number of benzene rings is 2. The molecule has 2 fully saturated rings. The van der Waals surface area contributed by atoms with Crippen LogP contribution in [-0.2, 0) is 11.3 Å². The van der Waals surface area contributed by atoms with Crippen molar-refractivity contribution in [2.45, 2.75) is 45.3 Å². The average Bonchev–Trinajstić information content (AvgIpc) is 3.57. The van der Waals surface area contributed by atoms with Gasteiger partial charge in [-0.1, -0.05) is 6.07 Å². The molecule has 0 N–H and O–H groups in total. The number of hydrogen-bond donors (Lipinski definition) is 0. The van der Waals surface area contributed by atoms with Gasteiger partial charge in [-0.2, -0.15) is 0 Å². The number of aryl methyl sites for hydroxylation is 1.